The van der Waals surface area contributed by atoms with E-state index in [9.17, 15) is 9.50 Å². The highest BCUT2D eigenvalue weighted by Gasteiger charge is 2.07. The van der Waals surface area contributed by atoms with Gasteiger partial charge in [0.25, 0.3) is 0 Å². The second-order valence-corrected chi connectivity index (χ2v) is 3.82. The Morgan fingerprint density at radius 3 is 3.00 bits per heavy atom. The van der Waals surface area contributed by atoms with Gasteiger partial charge in [0.15, 0.2) is 0 Å². The summed E-state index contributed by atoms with van der Waals surface area (Å²) in [6, 6.07) is 2.91. The van der Waals surface area contributed by atoms with Crippen LogP contribution in [0.25, 0.3) is 0 Å². The monoisotopic (exact) mass is 226 g/mol. The fourth-order valence-electron chi connectivity index (χ4n) is 1.46. The fraction of sp³-hybridized carbons (Fsp3) is 0.583. The Bertz CT molecular complexity index is 307. The molecule has 1 rings (SSSR count). The molecular formula is C12H19FN2O. The first kappa shape index (κ1) is 13.1. The largest absolute Gasteiger partial charge is 0.388 e. The maximum Gasteiger partial charge on any atom is 0.213 e. The summed E-state index contributed by atoms with van der Waals surface area (Å²) in [5.74, 6) is -0.546. The van der Waals surface area contributed by atoms with Gasteiger partial charge in [-0.2, -0.15) is 4.39 Å². The first-order chi connectivity index (χ1) is 7.74. The van der Waals surface area contributed by atoms with E-state index in [-0.39, 0.29) is 0 Å². The van der Waals surface area contributed by atoms with Crippen molar-refractivity contribution in [1.82, 2.24) is 10.3 Å². The van der Waals surface area contributed by atoms with Crippen molar-refractivity contribution in [3.63, 3.8) is 0 Å². The summed E-state index contributed by atoms with van der Waals surface area (Å²) in [5, 5.41) is 13.0. The zero-order chi connectivity index (χ0) is 11.8. The van der Waals surface area contributed by atoms with Crippen LogP contribution in [0.1, 0.15) is 37.9 Å². The molecule has 3 nitrogen and oxygen atoms in total. The van der Waals surface area contributed by atoms with E-state index in [0.717, 1.165) is 25.9 Å². The lowest BCUT2D eigenvalue weighted by molar-refractivity contribution is 0.166. The Morgan fingerprint density at radius 2 is 2.31 bits per heavy atom. The smallest absolute Gasteiger partial charge is 0.213 e. The molecule has 2 N–H and O–H groups in total. The van der Waals surface area contributed by atoms with E-state index in [2.05, 4.69) is 17.2 Å². The summed E-state index contributed by atoms with van der Waals surface area (Å²) in [5.41, 5.74) is 0.588. The second kappa shape index (κ2) is 7.30. The van der Waals surface area contributed by atoms with Gasteiger partial charge in [-0.1, -0.05) is 13.3 Å². The summed E-state index contributed by atoms with van der Waals surface area (Å²) in [7, 11) is 0. The molecule has 90 valence electrons. The van der Waals surface area contributed by atoms with Crippen molar-refractivity contribution in [3.05, 3.63) is 29.8 Å². The highest BCUT2D eigenvalue weighted by atomic mass is 19.1. The minimum absolute atomic E-state index is 0.546. The van der Waals surface area contributed by atoms with E-state index in [1.165, 1.54) is 12.3 Å². The molecule has 1 atom stereocenters. The van der Waals surface area contributed by atoms with Crippen LogP contribution in [0.3, 0.4) is 0 Å². The van der Waals surface area contributed by atoms with Gasteiger partial charge >= 0.3 is 0 Å². The predicted molar refractivity (Wildman–Crippen MR) is 61.5 cm³/mol. The van der Waals surface area contributed by atoms with Crippen molar-refractivity contribution in [3.8, 4) is 0 Å². The zero-order valence-electron chi connectivity index (χ0n) is 9.62. The van der Waals surface area contributed by atoms with Crippen molar-refractivity contribution < 1.29 is 9.50 Å². The lowest BCUT2D eigenvalue weighted by atomic mass is 10.1. The third-order valence-corrected chi connectivity index (χ3v) is 2.44. The molecule has 0 aliphatic rings. The number of hydrogen-bond donors (Lipinski definition) is 2. The molecule has 0 radical (unpaired) electrons. The number of unbranched alkanes of at least 4 members (excludes halogenated alkanes) is 1. The number of nitrogens with one attached hydrogen (secondary N) is 1. The van der Waals surface area contributed by atoms with E-state index in [4.69, 9.17) is 0 Å². The minimum atomic E-state index is -0.619. The maximum absolute atomic E-state index is 12.8. The lowest BCUT2D eigenvalue weighted by Crippen LogP contribution is -2.18. The normalized spacial score (nSPS) is 12.7. The number of aromatic nitrogens is 1. The molecule has 0 saturated carbocycles. The molecule has 0 aliphatic carbocycles. The van der Waals surface area contributed by atoms with E-state index in [1.807, 2.05) is 0 Å². The first-order valence-corrected chi connectivity index (χ1v) is 5.74. The van der Waals surface area contributed by atoms with Gasteiger partial charge in [-0.15, -0.1) is 0 Å². The van der Waals surface area contributed by atoms with Crippen molar-refractivity contribution in [2.24, 2.45) is 0 Å². The van der Waals surface area contributed by atoms with Crippen molar-refractivity contribution in [2.45, 2.75) is 32.3 Å². The molecule has 0 bridgehead atoms. The van der Waals surface area contributed by atoms with Crippen LogP contribution in [-0.4, -0.2) is 23.2 Å². The Labute approximate surface area is 95.7 Å². The highest BCUT2D eigenvalue weighted by Crippen LogP contribution is 2.15. The maximum atomic E-state index is 12.8. The lowest BCUT2D eigenvalue weighted by Gasteiger charge is -2.11. The standard InChI is InChI=1S/C12H19FN2O/c1-2-3-6-14-7-5-11(16)10-4-8-15-12(13)9-10/h4,8-9,11,14,16H,2-3,5-7H2,1H3/t11-/m0/s1. The molecule has 1 heterocycles. The molecule has 1 aromatic rings. The Hall–Kier alpha value is -1.00. The first-order valence-electron chi connectivity index (χ1n) is 5.74. The number of rotatable bonds is 7. The third kappa shape index (κ3) is 4.68. The van der Waals surface area contributed by atoms with Crippen LogP contribution < -0.4 is 5.32 Å². The van der Waals surface area contributed by atoms with Crippen molar-refractivity contribution >= 4 is 0 Å². The number of nitrogens with zero attached hydrogens (tertiary/aromatic N) is 1. The van der Waals surface area contributed by atoms with Crippen LogP contribution in [-0.2, 0) is 0 Å². The molecule has 0 aromatic carbocycles. The summed E-state index contributed by atoms with van der Waals surface area (Å²) in [4.78, 5) is 3.45. The molecule has 0 fully saturated rings. The minimum Gasteiger partial charge on any atom is -0.388 e. The van der Waals surface area contributed by atoms with Gasteiger partial charge in [0.05, 0.1) is 6.10 Å². The SMILES string of the molecule is CCCCNCC[C@H](O)c1ccnc(F)c1. The molecule has 0 aliphatic heterocycles. The van der Waals surface area contributed by atoms with Gasteiger partial charge in [0.1, 0.15) is 0 Å². The van der Waals surface area contributed by atoms with Crippen LogP contribution in [0, 0.1) is 5.95 Å². The van der Waals surface area contributed by atoms with E-state index in [1.54, 1.807) is 6.07 Å². The predicted octanol–water partition coefficient (Wildman–Crippen LogP) is 2.03. The number of pyridine rings is 1. The van der Waals surface area contributed by atoms with Gasteiger partial charge in [-0.3, -0.25) is 0 Å². The number of halogens is 1. The zero-order valence-corrected chi connectivity index (χ0v) is 9.62. The molecule has 4 heteroatoms. The molecule has 0 unspecified atom stereocenters. The van der Waals surface area contributed by atoms with Crippen LogP contribution in [0.4, 0.5) is 4.39 Å². The average molecular weight is 226 g/mol. The average Bonchev–Trinajstić information content (AvgIpc) is 2.28. The molecule has 0 spiro atoms. The summed E-state index contributed by atoms with van der Waals surface area (Å²) < 4.78 is 12.8. The summed E-state index contributed by atoms with van der Waals surface area (Å²) in [6.45, 7) is 3.84. The Balaban J connectivity index is 2.27. The van der Waals surface area contributed by atoms with E-state index >= 15 is 0 Å². The number of aliphatic hydroxyl groups is 1. The van der Waals surface area contributed by atoms with Crippen LogP contribution in [0.15, 0.2) is 18.3 Å². The summed E-state index contributed by atoms with van der Waals surface area (Å²) >= 11 is 0. The van der Waals surface area contributed by atoms with Gasteiger partial charge < -0.3 is 10.4 Å². The van der Waals surface area contributed by atoms with Crippen LogP contribution >= 0.6 is 0 Å². The molecular weight excluding hydrogens is 207 g/mol. The summed E-state index contributed by atoms with van der Waals surface area (Å²) in [6.07, 6.45) is 3.64. The molecule has 0 amide bonds. The Morgan fingerprint density at radius 1 is 1.50 bits per heavy atom. The second-order valence-electron chi connectivity index (χ2n) is 3.82. The van der Waals surface area contributed by atoms with Crippen molar-refractivity contribution in [1.29, 1.82) is 0 Å². The number of aliphatic hydroxyl groups excluding tert-OH is 1. The van der Waals surface area contributed by atoms with E-state index < -0.39 is 12.1 Å². The van der Waals surface area contributed by atoms with Crippen LogP contribution in [0.2, 0.25) is 0 Å². The molecule has 0 saturated heterocycles. The molecule has 1 aromatic heterocycles. The van der Waals surface area contributed by atoms with Gasteiger partial charge in [-0.25, -0.2) is 4.98 Å². The van der Waals surface area contributed by atoms with E-state index in [0.29, 0.717) is 12.0 Å². The highest BCUT2D eigenvalue weighted by molar-refractivity contribution is 5.13. The number of hydrogen-bond acceptors (Lipinski definition) is 3. The van der Waals surface area contributed by atoms with Crippen LogP contribution in [0.5, 0.6) is 0 Å². The van der Waals surface area contributed by atoms with Gasteiger partial charge in [0, 0.05) is 6.20 Å². The quantitative estimate of drug-likeness (QED) is 0.552. The Kier molecular flexibility index (Phi) is 5.96. The topological polar surface area (TPSA) is 45.1 Å². The van der Waals surface area contributed by atoms with Gasteiger partial charge in [-0.05, 0) is 43.6 Å². The fourth-order valence-corrected chi connectivity index (χ4v) is 1.46. The van der Waals surface area contributed by atoms with Gasteiger partial charge in [0.2, 0.25) is 5.95 Å². The van der Waals surface area contributed by atoms with Crippen molar-refractivity contribution in [2.75, 3.05) is 13.1 Å². The molecule has 16 heavy (non-hydrogen) atoms. The third-order valence-electron chi connectivity index (χ3n) is 2.44.